The van der Waals surface area contributed by atoms with Crippen molar-refractivity contribution in [2.24, 2.45) is 0 Å². The molecular weight excluding hydrogens is 292 g/mol. The molecule has 21 heavy (non-hydrogen) atoms. The summed E-state index contributed by atoms with van der Waals surface area (Å²) in [6.07, 6.45) is 2.97. The number of hydrogen-bond donors (Lipinski definition) is 0. The molecule has 0 fully saturated rings. The highest BCUT2D eigenvalue weighted by Gasteiger charge is 2.10. The number of amides is 1. The van der Waals surface area contributed by atoms with E-state index in [-0.39, 0.29) is 18.9 Å². The molecule has 1 aromatic carbocycles. The lowest BCUT2D eigenvalue weighted by Gasteiger charge is -2.14. The Morgan fingerprint density at radius 2 is 2.14 bits per heavy atom. The fourth-order valence-electron chi connectivity index (χ4n) is 1.40. The third kappa shape index (κ3) is 6.11. The predicted molar refractivity (Wildman–Crippen MR) is 79.3 cm³/mol. The van der Waals surface area contributed by atoms with Gasteiger partial charge in [0, 0.05) is 24.7 Å². The van der Waals surface area contributed by atoms with Gasteiger partial charge in [0.1, 0.15) is 0 Å². The molecule has 1 rings (SSSR count). The number of carbonyl (C=O) groups excluding carboxylic acids is 2. The average molecular weight is 307 g/mol. The van der Waals surface area contributed by atoms with E-state index in [9.17, 15) is 9.59 Å². The first kappa shape index (κ1) is 16.7. The first-order chi connectivity index (χ1) is 10.0. The van der Waals surface area contributed by atoms with Crippen LogP contribution in [0.15, 0.2) is 30.3 Å². The Balaban J connectivity index is 2.43. The van der Waals surface area contributed by atoms with Crippen LogP contribution in [0, 0.1) is 11.3 Å². The van der Waals surface area contributed by atoms with Gasteiger partial charge in [-0.25, -0.2) is 4.79 Å². The molecule has 6 heteroatoms. The minimum absolute atomic E-state index is 0.239. The molecule has 0 unspecified atom stereocenters. The lowest BCUT2D eigenvalue weighted by Crippen LogP contribution is -2.31. The lowest BCUT2D eigenvalue weighted by atomic mass is 10.2. The number of likely N-dealkylation sites (N-methyl/N-ethyl adjacent to an activating group) is 1. The Morgan fingerprint density at radius 3 is 2.81 bits per heavy atom. The van der Waals surface area contributed by atoms with Crippen molar-refractivity contribution < 1.29 is 14.3 Å². The molecule has 1 aromatic rings. The smallest absolute Gasteiger partial charge is 0.331 e. The number of esters is 1. The van der Waals surface area contributed by atoms with Crippen LogP contribution < -0.4 is 0 Å². The molecule has 0 saturated carbocycles. The molecule has 0 atom stereocenters. The van der Waals surface area contributed by atoms with E-state index in [0.29, 0.717) is 17.1 Å². The van der Waals surface area contributed by atoms with Gasteiger partial charge in [-0.15, -0.1) is 0 Å². The highest BCUT2D eigenvalue weighted by molar-refractivity contribution is 6.32. The van der Waals surface area contributed by atoms with Gasteiger partial charge >= 0.3 is 5.97 Å². The van der Waals surface area contributed by atoms with Crippen LogP contribution in [-0.4, -0.2) is 37.0 Å². The van der Waals surface area contributed by atoms with Crippen LogP contribution in [0.3, 0.4) is 0 Å². The number of nitriles is 1. The quantitative estimate of drug-likeness (QED) is 0.597. The van der Waals surface area contributed by atoms with E-state index in [4.69, 9.17) is 21.6 Å². The Kier molecular flexibility index (Phi) is 6.99. The normalized spacial score (nSPS) is 10.1. The summed E-state index contributed by atoms with van der Waals surface area (Å²) in [5, 5.41) is 8.94. The molecular formula is C15H15ClN2O3. The van der Waals surface area contributed by atoms with E-state index in [2.05, 4.69) is 0 Å². The molecule has 0 aliphatic rings. The molecule has 0 aliphatic heterocycles. The van der Waals surface area contributed by atoms with E-state index in [1.54, 1.807) is 31.3 Å². The second-order valence-corrected chi connectivity index (χ2v) is 4.59. The zero-order chi connectivity index (χ0) is 15.7. The zero-order valence-electron chi connectivity index (χ0n) is 11.6. The number of halogens is 1. The third-order valence-corrected chi connectivity index (χ3v) is 2.97. The molecule has 0 N–H and O–H groups in total. The highest BCUT2D eigenvalue weighted by atomic mass is 35.5. The van der Waals surface area contributed by atoms with Gasteiger partial charge in [-0.05, 0) is 17.7 Å². The van der Waals surface area contributed by atoms with Crippen molar-refractivity contribution in [3.8, 4) is 6.07 Å². The number of benzene rings is 1. The van der Waals surface area contributed by atoms with Crippen molar-refractivity contribution in [1.82, 2.24) is 4.90 Å². The van der Waals surface area contributed by atoms with Crippen molar-refractivity contribution >= 4 is 29.6 Å². The number of nitrogens with zero attached hydrogens (tertiary/aromatic N) is 2. The maximum absolute atomic E-state index is 11.6. The Hall–Kier alpha value is -2.32. The Labute approximate surface area is 128 Å². The largest absolute Gasteiger partial charge is 0.452 e. The monoisotopic (exact) mass is 306 g/mol. The van der Waals surface area contributed by atoms with Crippen molar-refractivity contribution in [2.45, 2.75) is 6.42 Å². The van der Waals surface area contributed by atoms with E-state index in [1.165, 1.54) is 17.1 Å². The van der Waals surface area contributed by atoms with Crippen LogP contribution in [0.2, 0.25) is 5.02 Å². The fraction of sp³-hybridized carbons (Fsp3) is 0.267. The maximum atomic E-state index is 11.6. The van der Waals surface area contributed by atoms with Gasteiger partial charge in [0.2, 0.25) is 0 Å². The van der Waals surface area contributed by atoms with E-state index in [0.717, 1.165) is 0 Å². The minimum atomic E-state index is -0.628. The van der Waals surface area contributed by atoms with Crippen molar-refractivity contribution in [2.75, 3.05) is 20.2 Å². The van der Waals surface area contributed by atoms with Crippen LogP contribution in [-0.2, 0) is 14.3 Å². The molecule has 0 heterocycles. The van der Waals surface area contributed by atoms with Crippen LogP contribution in [0.4, 0.5) is 0 Å². The van der Waals surface area contributed by atoms with Gasteiger partial charge in [0.15, 0.2) is 6.61 Å². The Bertz CT molecular complexity index is 579. The first-order valence-electron chi connectivity index (χ1n) is 6.25. The summed E-state index contributed by atoms with van der Waals surface area (Å²) in [6.45, 7) is -0.0457. The molecule has 0 spiro atoms. The topological polar surface area (TPSA) is 70.4 Å². The van der Waals surface area contributed by atoms with Gasteiger partial charge in [-0.2, -0.15) is 5.26 Å². The zero-order valence-corrected chi connectivity index (χ0v) is 12.3. The van der Waals surface area contributed by atoms with Crippen LogP contribution in [0.5, 0.6) is 0 Å². The third-order valence-electron chi connectivity index (χ3n) is 2.63. The highest BCUT2D eigenvalue weighted by Crippen LogP contribution is 2.16. The summed E-state index contributed by atoms with van der Waals surface area (Å²) in [5.74, 6) is -0.985. The van der Waals surface area contributed by atoms with Crippen molar-refractivity contribution in [1.29, 1.82) is 5.26 Å². The van der Waals surface area contributed by atoms with Crippen LogP contribution >= 0.6 is 11.6 Å². The van der Waals surface area contributed by atoms with Crippen LogP contribution in [0.25, 0.3) is 6.08 Å². The fourth-order valence-corrected chi connectivity index (χ4v) is 1.60. The summed E-state index contributed by atoms with van der Waals surface area (Å²) >= 11 is 5.93. The van der Waals surface area contributed by atoms with E-state index < -0.39 is 5.97 Å². The Morgan fingerprint density at radius 1 is 1.43 bits per heavy atom. The summed E-state index contributed by atoms with van der Waals surface area (Å²) in [4.78, 5) is 24.4. The molecule has 5 nitrogen and oxygen atoms in total. The summed E-state index contributed by atoms with van der Waals surface area (Å²) < 4.78 is 4.82. The molecule has 1 amide bonds. The summed E-state index contributed by atoms with van der Waals surface area (Å²) in [7, 11) is 1.55. The summed E-state index contributed by atoms with van der Waals surface area (Å²) in [6, 6.07) is 8.98. The molecule has 0 aliphatic carbocycles. The standard InChI is InChI=1S/C15H15ClN2O3/c1-18(10-4-9-17)14(19)11-21-15(20)8-7-12-5-2-3-6-13(12)16/h2-3,5-8H,4,10-11H2,1H3/b8-7+. The summed E-state index contributed by atoms with van der Waals surface area (Å²) in [5.41, 5.74) is 0.689. The number of hydrogen-bond acceptors (Lipinski definition) is 4. The van der Waals surface area contributed by atoms with Crippen LogP contribution in [0.1, 0.15) is 12.0 Å². The predicted octanol–water partition coefficient (Wildman–Crippen LogP) is 2.27. The number of ether oxygens (including phenoxy) is 1. The van der Waals surface area contributed by atoms with E-state index in [1.807, 2.05) is 6.07 Å². The lowest BCUT2D eigenvalue weighted by molar-refractivity contribution is -0.147. The molecule has 0 radical (unpaired) electrons. The van der Waals surface area contributed by atoms with Gasteiger partial charge in [-0.3, -0.25) is 4.79 Å². The van der Waals surface area contributed by atoms with Gasteiger partial charge in [-0.1, -0.05) is 29.8 Å². The van der Waals surface area contributed by atoms with Gasteiger partial charge in [0.05, 0.1) is 12.5 Å². The van der Waals surface area contributed by atoms with Crippen molar-refractivity contribution in [3.05, 3.63) is 40.9 Å². The number of rotatable bonds is 6. The average Bonchev–Trinajstić information content (AvgIpc) is 2.49. The second kappa shape index (κ2) is 8.77. The van der Waals surface area contributed by atoms with Crippen molar-refractivity contribution in [3.63, 3.8) is 0 Å². The molecule has 110 valence electrons. The van der Waals surface area contributed by atoms with Gasteiger partial charge < -0.3 is 9.64 Å². The second-order valence-electron chi connectivity index (χ2n) is 4.19. The maximum Gasteiger partial charge on any atom is 0.331 e. The molecule has 0 bridgehead atoms. The molecule has 0 saturated heterocycles. The first-order valence-corrected chi connectivity index (χ1v) is 6.62. The van der Waals surface area contributed by atoms with Gasteiger partial charge in [0.25, 0.3) is 5.91 Å². The SMILES string of the molecule is CN(CCC#N)C(=O)COC(=O)/C=C/c1ccccc1Cl. The minimum Gasteiger partial charge on any atom is -0.452 e. The van der Waals surface area contributed by atoms with E-state index >= 15 is 0 Å². The molecule has 0 aromatic heterocycles. The number of carbonyl (C=O) groups is 2.